The highest BCUT2D eigenvalue weighted by atomic mass is 15.4. The van der Waals surface area contributed by atoms with E-state index < -0.39 is 0 Å². The number of piperidine rings is 1. The molecule has 0 saturated carbocycles. The monoisotopic (exact) mass is 261 g/mol. The molecule has 4 atom stereocenters. The number of nitrogens with zero attached hydrogens (tertiary/aromatic N) is 1. The van der Waals surface area contributed by atoms with Gasteiger partial charge in [-0.15, -0.1) is 0 Å². The van der Waals surface area contributed by atoms with E-state index in [-0.39, 0.29) is 0 Å². The fourth-order valence-electron chi connectivity index (χ4n) is 3.58. The molecule has 0 aliphatic carbocycles. The fraction of sp³-hybridized carbons (Fsp3) is 0.263. The van der Waals surface area contributed by atoms with Gasteiger partial charge in [0.2, 0.25) is 0 Å². The van der Waals surface area contributed by atoms with Crippen LogP contribution >= 0.6 is 0 Å². The lowest BCUT2D eigenvalue weighted by Crippen LogP contribution is -2.12. The van der Waals surface area contributed by atoms with Crippen LogP contribution < -0.4 is 0 Å². The van der Waals surface area contributed by atoms with Crippen molar-refractivity contribution in [1.29, 1.82) is 0 Å². The van der Waals surface area contributed by atoms with Crippen molar-refractivity contribution in [3.8, 4) is 0 Å². The van der Waals surface area contributed by atoms with E-state index >= 15 is 0 Å². The Labute approximate surface area is 120 Å². The molecule has 1 unspecified atom stereocenters. The minimum Gasteiger partial charge on any atom is -0.284 e. The molecule has 1 nitrogen and oxygen atoms in total. The Kier molecular flexibility index (Phi) is 2.93. The number of rotatable bonds is 3. The Bertz CT molecular complexity index is 602. The molecule has 2 aliphatic rings. The summed E-state index contributed by atoms with van der Waals surface area (Å²) in [4.78, 5) is 2.66. The first-order valence-corrected chi connectivity index (χ1v) is 7.49. The molecule has 0 N–H and O–H groups in total. The summed E-state index contributed by atoms with van der Waals surface area (Å²) in [6, 6.07) is 23.6. The Morgan fingerprint density at radius 1 is 0.850 bits per heavy atom. The van der Waals surface area contributed by atoms with E-state index in [9.17, 15) is 0 Å². The predicted octanol–water partition coefficient (Wildman–Crippen LogP) is 4.29. The first kappa shape index (κ1) is 11.9. The van der Waals surface area contributed by atoms with E-state index in [0.29, 0.717) is 12.1 Å². The van der Waals surface area contributed by atoms with Crippen LogP contribution in [0.25, 0.3) is 6.08 Å². The Morgan fingerprint density at radius 3 is 2.30 bits per heavy atom. The smallest absolute Gasteiger partial charge is 0.0513 e. The molecule has 1 heteroatoms. The van der Waals surface area contributed by atoms with E-state index in [0.717, 1.165) is 6.04 Å². The van der Waals surface area contributed by atoms with Gasteiger partial charge in [-0.05, 0) is 24.0 Å². The topological polar surface area (TPSA) is 3.01 Å². The van der Waals surface area contributed by atoms with Crippen molar-refractivity contribution < 1.29 is 0 Å². The Balaban J connectivity index is 1.48. The molecule has 0 spiro atoms. The van der Waals surface area contributed by atoms with Gasteiger partial charge >= 0.3 is 0 Å². The average Bonchev–Trinajstić information content (AvgIpc) is 3.10. The summed E-state index contributed by atoms with van der Waals surface area (Å²) in [5, 5.41) is 0. The van der Waals surface area contributed by atoms with Crippen LogP contribution in [0.2, 0.25) is 0 Å². The normalized spacial score (nSPS) is 31.4. The molecule has 20 heavy (non-hydrogen) atoms. The zero-order chi connectivity index (χ0) is 13.4. The SMILES string of the molecule is C(=C\[C@H]1CC[C@H]2[C@H](c3ccccc3)N12)/c1ccccc1. The summed E-state index contributed by atoms with van der Waals surface area (Å²) >= 11 is 0. The molecule has 0 bridgehead atoms. The molecule has 2 aliphatic heterocycles. The lowest BCUT2D eigenvalue weighted by molar-refractivity contribution is 0.456. The largest absolute Gasteiger partial charge is 0.284 e. The van der Waals surface area contributed by atoms with Crippen LogP contribution in [0.15, 0.2) is 66.7 Å². The third kappa shape index (κ3) is 2.08. The summed E-state index contributed by atoms with van der Waals surface area (Å²) in [5.41, 5.74) is 2.78. The second-order valence-electron chi connectivity index (χ2n) is 5.78. The second-order valence-corrected chi connectivity index (χ2v) is 5.78. The minimum absolute atomic E-state index is 0.616. The van der Waals surface area contributed by atoms with Gasteiger partial charge in [-0.2, -0.15) is 0 Å². The van der Waals surface area contributed by atoms with E-state index in [2.05, 4.69) is 77.7 Å². The van der Waals surface area contributed by atoms with Crippen LogP contribution in [-0.4, -0.2) is 17.0 Å². The summed E-state index contributed by atoms with van der Waals surface area (Å²) < 4.78 is 0. The maximum absolute atomic E-state index is 2.66. The minimum atomic E-state index is 0.616. The van der Waals surface area contributed by atoms with Crippen LogP contribution in [0.3, 0.4) is 0 Å². The molecule has 2 saturated heterocycles. The molecular formula is C19H19N. The van der Waals surface area contributed by atoms with E-state index in [1.54, 1.807) is 0 Å². The fourth-order valence-corrected chi connectivity index (χ4v) is 3.58. The molecular weight excluding hydrogens is 242 g/mol. The van der Waals surface area contributed by atoms with Crippen molar-refractivity contribution in [3.05, 3.63) is 77.9 Å². The third-order valence-corrected chi connectivity index (χ3v) is 4.57. The highest BCUT2D eigenvalue weighted by Gasteiger charge is 2.54. The lowest BCUT2D eigenvalue weighted by Gasteiger charge is -2.11. The maximum atomic E-state index is 2.66. The Morgan fingerprint density at radius 2 is 1.55 bits per heavy atom. The molecule has 0 radical (unpaired) electrons. The van der Waals surface area contributed by atoms with E-state index in [4.69, 9.17) is 0 Å². The molecule has 2 heterocycles. The molecule has 2 aromatic rings. The molecule has 0 amide bonds. The van der Waals surface area contributed by atoms with Crippen molar-refractivity contribution >= 4 is 6.08 Å². The number of benzene rings is 2. The summed E-state index contributed by atoms with van der Waals surface area (Å²) in [7, 11) is 0. The van der Waals surface area contributed by atoms with Crippen LogP contribution in [0.1, 0.15) is 30.0 Å². The first-order valence-electron chi connectivity index (χ1n) is 7.49. The highest BCUT2D eigenvalue weighted by molar-refractivity contribution is 5.50. The summed E-state index contributed by atoms with van der Waals surface area (Å²) in [6.07, 6.45) is 7.30. The standard InChI is InChI=1S/C19H19N/c1-3-7-15(8-4-1)11-12-17-13-14-18-19(20(17)18)16-9-5-2-6-10-16/h1-12,17-19H,13-14H2/b12-11+/t17-,18-,19-,20?/m0/s1. The molecule has 2 fully saturated rings. The van der Waals surface area contributed by atoms with Crippen molar-refractivity contribution in [2.45, 2.75) is 31.0 Å². The third-order valence-electron chi connectivity index (χ3n) is 4.57. The van der Waals surface area contributed by atoms with E-state index in [1.165, 1.54) is 24.0 Å². The first-order chi connectivity index (χ1) is 9.93. The number of hydrogen-bond acceptors (Lipinski definition) is 1. The molecule has 0 aromatic heterocycles. The average molecular weight is 261 g/mol. The van der Waals surface area contributed by atoms with Crippen molar-refractivity contribution in [2.75, 3.05) is 0 Å². The van der Waals surface area contributed by atoms with Crippen LogP contribution in [0.5, 0.6) is 0 Å². The summed E-state index contributed by atoms with van der Waals surface area (Å²) in [5.74, 6) is 0. The predicted molar refractivity (Wildman–Crippen MR) is 83.3 cm³/mol. The second kappa shape index (κ2) is 4.92. The molecule has 100 valence electrons. The highest BCUT2D eigenvalue weighted by Crippen LogP contribution is 2.53. The van der Waals surface area contributed by atoms with Gasteiger partial charge in [-0.25, -0.2) is 0 Å². The van der Waals surface area contributed by atoms with Crippen molar-refractivity contribution in [3.63, 3.8) is 0 Å². The van der Waals surface area contributed by atoms with Gasteiger partial charge in [0.1, 0.15) is 0 Å². The van der Waals surface area contributed by atoms with Gasteiger partial charge in [0.15, 0.2) is 0 Å². The van der Waals surface area contributed by atoms with Gasteiger partial charge in [-0.1, -0.05) is 72.8 Å². The maximum Gasteiger partial charge on any atom is 0.0513 e. The number of hydrogen-bond donors (Lipinski definition) is 0. The van der Waals surface area contributed by atoms with Gasteiger partial charge in [-0.3, -0.25) is 4.90 Å². The zero-order valence-corrected chi connectivity index (χ0v) is 11.5. The quantitative estimate of drug-likeness (QED) is 0.745. The zero-order valence-electron chi connectivity index (χ0n) is 11.5. The van der Waals surface area contributed by atoms with Gasteiger partial charge in [0.25, 0.3) is 0 Å². The van der Waals surface area contributed by atoms with Gasteiger partial charge < -0.3 is 0 Å². The van der Waals surface area contributed by atoms with Gasteiger partial charge in [0.05, 0.1) is 6.04 Å². The van der Waals surface area contributed by atoms with E-state index in [1.807, 2.05) is 0 Å². The van der Waals surface area contributed by atoms with Crippen LogP contribution in [-0.2, 0) is 0 Å². The van der Waals surface area contributed by atoms with Gasteiger partial charge in [0, 0.05) is 12.1 Å². The summed E-state index contributed by atoms with van der Waals surface area (Å²) in [6.45, 7) is 0. The van der Waals surface area contributed by atoms with Crippen LogP contribution in [0, 0.1) is 0 Å². The van der Waals surface area contributed by atoms with Crippen molar-refractivity contribution in [1.82, 2.24) is 4.90 Å². The van der Waals surface area contributed by atoms with Crippen LogP contribution in [0.4, 0.5) is 0 Å². The lowest BCUT2D eigenvalue weighted by atomic mass is 10.0. The number of fused-ring (bicyclic) bond motifs is 1. The molecule has 4 rings (SSSR count). The van der Waals surface area contributed by atoms with Crippen molar-refractivity contribution in [2.24, 2.45) is 0 Å². The molecule has 2 aromatic carbocycles. The Hall–Kier alpha value is -1.86.